The Morgan fingerprint density at radius 2 is 1.38 bits per heavy atom. The van der Waals surface area contributed by atoms with Gasteiger partial charge in [0.1, 0.15) is 11.5 Å². The topological polar surface area (TPSA) is 32.7 Å². The fraction of sp³-hybridized carbons (Fsp3) is 0.217. The van der Waals surface area contributed by atoms with Gasteiger partial charge in [0, 0.05) is 36.5 Å². The van der Waals surface area contributed by atoms with Gasteiger partial charge >= 0.3 is 0 Å². The number of phenolic OH excluding ortho intramolecular Hbond substituents is 1. The number of benzene rings is 3. The van der Waals surface area contributed by atoms with Gasteiger partial charge in [-0.1, -0.05) is 60.7 Å². The maximum absolute atomic E-state index is 10.4. The zero-order valence-electron chi connectivity index (χ0n) is 15.4. The Morgan fingerprint density at radius 3 is 1.88 bits per heavy atom. The summed E-state index contributed by atoms with van der Waals surface area (Å²) >= 11 is 0. The number of ether oxygens (including phenoxy) is 1. The summed E-state index contributed by atoms with van der Waals surface area (Å²) in [6, 6.07) is 24.5. The molecular formula is C23H25NO2. The highest BCUT2D eigenvalue weighted by molar-refractivity contribution is 5.62. The third-order valence-corrected chi connectivity index (χ3v) is 4.41. The van der Waals surface area contributed by atoms with E-state index < -0.39 is 0 Å². The summed E-state index contributed by atoms with van der Waals surface area (Å²) in [7, 11) is 0. The molecule has 3 rings (SSSR count). The predicted octanol–water partition coefficient (Wildman–Crippen LogP) is 5.31. The molecule has 0 amide bonds. The highest BCUT2D eigenvalue weighted by Crippen LogP contribution is 2.35. The normalized spacial score (nSPS) is 10.5. The van der Waals surface area contributed by atoms with Crippen molar-refractivity contribution in [1.82, 2.24) is 0 Å². The Morgan fingerprint density at radius 1 is 0.846 bits per heavy atom. The van der Waals surface area contributed by atoms with E-state index in [1.54, 1.807) is 6.07 Å². The van der Waals surface area contributed by atoms with E-state index in [1.807, 2.05) is 32.0 Å². The van der Waals surface area contributed by atoms with Gasteiger partial charge in [-0.3, -0.25) is 0 Å². The molecule has 1 N–H and O–H groups in total. The van der Waals surface area contributed by atoms with Crippen LogP contribution in [0.4, 0.5) is 5.69 Å². The van der Waals surface area contributed by atoms with E-state index in [-0.39, 0.29) is 5.75 Å². The van der Waals surface area contributed by atoms with Crippen molar-refractivity contribution in [2.24, 2.45) is 0 Å². The lowest BCUT2D eigenvalue weighted by molar-refractivity contribution is 0.337. The largest absolute Gasteiger partial charge is 0.507 e. The quantitative estimate of drug-likeness (QED) is 0.629. The first-order valence-corrected chi connectivity index (χ1v) is 8.96. The van der Waals surface area contributed by atoms with Crippen molar-refractivity contribution in [3.63, 3.8) is 0 Å². The molecule has 134 valence electrons. The monoisotopic (exact) mass is 347 g/mol. The summed E-state index contributed by atoms with van der Waals surface area (Å²) in [5.74, 6) is 0.953. The number of phenols is 1. The SMILES string of the molecule is CCOc1cc(O)c(C)c(N(Cc2ccccc2)Cc2ccccc2)c1. The summed E-state index contributed by atoms with van der Waals surface area (Å²) in [6.07, 6.45) is 0. The van der Waals surface area contributed by atoms with Crippen molar-refractivity contribution in [2.75, 3.05) is 11.5 Å². The number of aromatic hydroxyl groups is 1. The van der Waals surface area contributed by atoms with Gasteiger partial charge in [-0.05, 0) is 25.0 Å². The molecule has 0 unspecified atom stereocenters. The smallest absolute Gasteiger partial charge is 0.125 e. The zero-order valence-corrected chi connectivity index (χ0v) is 15.4. The van der Waals surface area contributed by atoms with Gasteiger partial charge < -0.3 is 14.7 Å². The van der Waals surface area contributed by atoms with Gasteiger partial charge in [-0.15, -0.1) is 0 Å². The van der Waals surface area contributed by atoms with Crippen LogP contribution in [0.25, 0.3) is 0 Å². The molecule has 0 saturated carbocycles. The number of rotatable bonds is 7. The van der Waals surface area contributed by atoms with Crippen LogP contribution in [-0.4, -0.2) is 11.7 Å². The van der Waals surface area contributed by atoms with Crippen molar-refractivity contribution in [1.29, 1.82) is 0 Å². The second-order valence-corrected chi connectivity index (χ2v) is 6.35. The zero-order chi connectivity index (χ0) is 18.4. The van der Waals surface area contributed by atoms with Gasteiger partial charge in [0.15, 0.2) is 0 Å². The molecule has 3 nitrogen and oxygen atoms in total. The van der Waals surface area contributed by atoms with Crippen LogP contribution in [-0.2, 0) is 13.1 Å². The van der Waals surface area contributed by atoms with Crippen molar-refractivity contribution in [3.8, 4) is 11.5 Å². The third kappa shape index (κ3) is 4.37. The van der Waals surface area contributed by atoms with Crippen molar-refractivity contribution in [2.45, 2.75) is 26.9 Å². The van der Waals surface area contributed by atoms with Gasteiger partial charge in [0.05, 0.1) is 6.61 Å². The third-order valence-electron chi connectivity index (χ3n) is 4.41. The average molecular weight is 347 g/mol. The molecule has 0 aliphatic rings. The molecule has 0 bridgehead atoms. The maximum Gasteiger partial charge on any atom is 0.125 e. The van der Waals surface area contributed by atoms with E-state index in [4.69, 9.17) is 4.74 Å². The van der Waals surface area contributed by atoms with E-state index in [9.17, 15) is 5.11 Å². The Kier molecular flexibility index (Phi) is 5.80. The molecule has 0 saturated heterocycles. The van der Waals surface area contributed by atoms with Crippen molar-refractivity contribution >= 4 is 5.69 Å². The number of nitrogens with zero attached hydrogens (tertiary/aromatic N) is 1. The lowest BCUT2D eigenvalue weighted by atomic mass is 10.1. The Hall–Kier alpha value is -2.94. The van der Waals surface area contributed by atoms with Gasteiger partial charge in [0.25, 0.3) is 0 Å². The number of hydrogen-bond acceptors (Lipinski definition) is 3. The van der Waals surface area contributed by atoms with Gasteiger partial charge in [0.2, 0.25) is 0 Å². The van der Waals surface area contributed by atoms with E-state index in [2.05, 4.69) is 53.4 Å². The minimum Gasteiger partial charge on any atom is -0.507 e. The van der Waals surface area contributed by atoms with E-state index in [0.717, 1.165) is 24.3 Å². The lowest BCUT2D eigenvalue weighted by Crippen LogP contribution is -2.23. The lowest BCUT2D eigenvalue weighted by Gasteiger charge is -2.28. The molecule has 26 heavy (non-hydrogen) atoms. The summed E-state index contributed by atoms with van der Waals surface area (Å²) in [4.78, 5) is 2.28. The van der Waals surface area contributed by atoms with Crippen LogP contribution in [0.15, 0.2) is 72.8 Å². The van der Waals surface area contributed by atoms with Crippen LogP contribution in [0.3, 0.4) is 0 Å². The Bertz CT molecular complexity index is 790. The van der Waals surface area contributed by atoms with Crippen LogP contribution in [0.2, 0.25) is 0 Å². The fourth-order valence-electron chi connectivity index (χ4n) is 3.07. The highest BCUT2D eigenvalue weighted by atomic mass is 16.5. The molecule has 0 aromatic heterocycles. The molecule has 0 radical (unpaired) electrons. The summed E-state index contributed by atoms with van der Waals surface area (Å²) < 4.78 is 5.65. The van der Waals surface area contributed by atoms with Crippen molar-refractivity contribution in [3.05, 3.63) is 89.5 Å². The van der Waals surface area contributed by atoms with E-state index in [0.29, 0.717) is 12.4 Å². The van der Waals surface area contributed by atoms with E-state index in [1.165, 1.54) is 11.1 Å². The standard InChI is InChI=1S/C23H25NO2/c1-3-26-21-14-22(18(2)23(25)15-21)24(16-19-10-6-4-7-11-19)17-20-12-8-5-9-13-20/h4-15,25H,3,16-17H2,1-2H3. The molecule has 3 aromatic rings. The second-order valence-electron chi connectivity index (χ2n) is 6.35. The molecule has 0 heterocycles. The first-order valence-electron chi connectivity index (χ1n) is 8.96. The molecule has 3 heteroatoms. The first kappa shape index (κ1) is 17.9. The van der Waals surface area contributed by atoms with Crippen LogP contribution >= 0.6 is 0 Å². The number of hydrogen-bond donors (Lipinski definition) is 1. The molecule has 0 spiro atoms. The van der Waals surface area contributed by atoms with Crippen LogP contribution in [0, 0.1) is 6.92 Å². The van der Waals surface area contributed by atoms with Crippen LogP contribution in [0.1, 0.15) is 23.6 Å². The Labute approximate surface area is 155 Å². The minimum atomic E-state index is 0.261. The van der Waals surface area contributed by atoms with Crippen LogP contribution in [0.5, 0.6) is 11.5 Å². The summed E-state index contributed by atoms with van der Waals surface area (Å²) in [6.45, 7) is 5.97. The molecule has 0 atom stereocenters. The van der Waals surface area contributed by atoms with E-state index >= 15 is 0 Å². The average Bonchev–Trinajstić information content (AvgIpc) is 2.66. The van der Waals surface area contributed by atoms with Crippen molar-refractivity contribution < 1.29 is 9.84 Å². The second kappa shape index (κ2) is 8.43. The first-order chi connectivity index (χ1) is 12.7. The van der Waals surface area contributed by atoms with Gasteiger partial charge in [-0.25, -0.2) is 0 Å². The Balaban J connectivity index is 1.99. The summed E-state index contributed by atoms with van der Waals surface area (Å²) in [5.41, 5.74) is 4.30. The molecular weight excluding hydrogens is 322 g/mol. The predicted molar refractivity (Wildman–Crippen MR) is 107 cm³/mol. The molecule has 0 fully saturated rings. The molecule has 0 aliphatic carbocycles. The maximum atomic E-state index is 10.4. The number of anilines is 1. The highest BCUT2D eigenvalue weighted by Gasteiger charge is 2.15. The van der Waals surface area contributed by atoms with Gasteiger partial charge in [-0.2, -0.15) is 0 Å². The summed E-state index contributed by atoms with van der Waals surface area (Å²) in [5, 5.41) is 10.4. The molecule has 3 aromatic carbocycles. The van der Waals surface area contributed by atoms with Crippen LogP contribution < -0.4 is 9.64 Å². The molecule has 0 aliphatic heterocycles. The minimum absolute atomic E-state index is 0.261. The fourth-order valence-corrected chi connectivity index (χ4v) is 3.07.